The first-order valence-corrected chi connectivity index (χ1v) is 34.8. The van der Waals surface area contributed by atoms with E-state index in [-0.39, 0.29) is 32.0 Å². The third-order valence-corrected chi connectivity index (χ3v) is 15.0. The minimum atomic E-state index is -4.41. The Morgan fingerprint density at radius 1 is 0.390 bits per heavy atom. The van der Waals surface area contributed by atoms with Gasteiger partial charge in [-0.15, -0.1) is 0 Å². The molecule has 0 amide bonds. The van der Waals surface area contributed by atoms with Crippen molar-refractivity contribution in [1.29, 1.82) is 0 Å². The van der Waals surface area contributed by atoms with Gasteiger partial charge in [0, 0.05) is 12.8 Å². The summed E-state index contributed by atoms with van der Waals surface area (Å²) in [6, 6.07) is 0. The minimum Gasteiger partial charge on any atom is -0.462 e. The van der Waals surface area contributed by atoms with Crippen molar-refractivity contribution in [2.75, 3.05) is 47.5 Å². The van der Waals surface area contributed by atoms with Gasteiger partial charge in [0.2, 0.25) is 0 Å². The number of unbranched alkanes of at least 4 members (excludes halogenated alkanes) is 26. The number of carbonyl (C=O) groups is 2. The quantitative estimate of drug-likeness (QED) is 0.0211. The maximum Gasteiger partial charge on any atom is 0.472 e. The second-order valence-corrected chi connectivity index (χ2v) is 24.6. The first kappa shape index (κ1) is 78.4. The van der Waals surface area contributed by atoms with Gasteiger partial charge >= 0.3 is 19.8 Å². The van der Waals surface area contributed by atoms with Crippen LogP contribution in [0.5, 0.6) is 0 Å². The van der Waals surface area contributed by atoms with Gasteiger partial charge in [0.15, 0.2) is 6.10 Å². The van der Waals surface area contributed by atoms with Gasteiger partial charge in [-0.25, -0.2) is 4.57 Å². The summed E-state index contributed by atoms with van der Waals surface area (Å²) in [5.41, 5.74) is 0. The van der Waals surface area contributed by atoms with E-state index in [0.29, 0.717) is 17.4 Å². The van der Waals surface area contributed by atoms with Crippen LogP contribution in [0, 0.1) is 0 Å². The molecule has 82 heavy (non-hydrogen) atoms. The lowest BCUT2D eigenvalue weighted by Gasteiger charge is -2.24. The van der Waals surface area contributed by atoms with Gasteiger partial charge in [0.25, 0.3) is 0 Å². The van der Waals surface area contributed by atoms with Crippen LogP contribution in [0.3, 0.4) is 0 Å². The molecule has 0 saturated carbocycles. The molecule has 0 fully saturated rings. The molecule has 0 heterocycles. The fourth-order valence-electron chi connectivity index (χ4n) is 8.89. The Labute approximate surface area is 505 Å². The first-order chi connectivity index (χ1) is 40.0. The molecule has 0 radical (unpaired) electrons. The molecule has 470 valence electrons. The molecule has 0 aliphatic rings. The SMILES string of the molecule is CC/C=C\C/C=C\C/C=C\C/C=C\C/C=C\C/C=C\C/C=C\C/C=C\CCCCCCC(=O)OC(COC(=O)CCCCCCCCCCCCCCCCCCC/C=C\C/C=C\CCCCCCC)COP(=O)(O)OCC[N+](C)(C)C. The third kappa shape index (κ3) is 65.6. The van der Waals surface area contributed by atoms with Gasteiger partial charge in [-0.3, -0.25) is 18.6 Å². The molecule has 2 atom stereocenters. The lowest BCUT2D eigenvalue weighted by atomic mass is 10.0. The Morgan fingerprint density at radius 2 is 0.695 bits per heavy atom. The van der Waals surface area contributed by atoms with Crippen molar-refractivity contribution in [1.82, 2.24) is 0 Å². The van der Waals surface area contributed by atoms with Gasteiger partial charge in [-0.1, -0.05) is 270 Å². The summed E-state index contributed by atoms with van der Waals surface area (Å²) in [5.74, 6) is -0.827. The molecule has 0 aromatic heterocycles. The van der Waals surface area contributed by atoms with Crippen LogP contribution in [0.1, 0.15) is 271 Å². The zero-order chi connectivity index (χ0) is 59.8. The zero-order valence-corrected chi connectivity index (χ0v) is 54.3. The standard InChI is InChI=1S/C72H124NO8P/c1-6-8-10-12-14-16-18-20-22-24-26-28-30-32-34-36-38-40-42-44-46-48-50-52-54-56-58-60-62-64-71(74)78-68-70(69-80-82(76,77)79-67-66-73(3,4)5)81-72(75)65-63-61-59-57-55-53-51-49-47-45-43-41-39-37-35-33-31-29-27-25-23-21-19-17-15-13-11-9-7-2/h9,11,15,17-18,20-21,23-24,26-27,29,33,35,39,41,45,47,51,53,70H,6-8,10,12-14,16,19,22,25,28,30-32,34,36-38,40,42-44,46,48-50,52,54-69H2,1-5H3/p+1/b11-9-,17-15-,20-18-,23-21-,26-24-,29-27-,35-33-,41-39-,47-45-,53-51-. The first-order valence-electron chi connectivity index (χ1n) is 33.3. The Kier molecular flexibility index (Phi) is 59.2. The predicted octanol–water partition coefficient (Wildman–Crippen LogP) is 21.5. The Bertz CT molecular complexity index is 1800. The number of hydrogen-bond donors (Lipinski definition) is 1. The molecule has 0 aliphatic carbocycles. The molecule has 10 heteroatoms. The summed E-state index contributed by atoms with van der Waals surface area (Å²) in [6.07, 6.45) is 88.6. The highest BCUT2D eigenvalue weighted by atomic mass is 31.2. The maximum absolute atomic E-state index is 12.9. The average Bonchev–Trinajstić information content (AvgIpc) is 3.45. The smallest absolute Gasteiger partial charge is 0.462 e. The lowest BCUT2D eigenvalue weighted by Crippen LogP contribution is -2.37. The fraction of sp³-hybridized carbons (Fsp3) is 0.694. The number of allylic oxidation sites excluding steroid dienone is 20. The van der Waals surface area contributed by atoms with Crippen molar-refractivity contribution in [2.45, 2.75) is 277 Å². The van der Waals surface area contributed by atoms with Crippen LogP contribution in [-0.2, 0) is 32.7 Å². The van der Waals surface area contributed by atoms with E-state index in [1.807, 2.05) is 21.1 Å². The van der Waals surface area contributed by atoms with Crippen LogP contribution >= 0.6 is 7.82 Å². The Balaban J connectivity index is 4.16. The number of ether oxygens (including phenoxy) is 2. The van der Waals surface area contributed by atoms with Crippen LogP contribution in [-0.4, -0.2) is 74.9 Å². The molecule has 0 saturated heterocycles. The number of hydrogen-bond acceptors (Lipinski definition) is 7. The van der Waals surface area contributed by atoms with Crippen LogP contribution in [0.2, 0.25) is 0 Å². The molecule has 0 aromatic rings. The average molecular weight is 1160 g/mol. The highest BCUT2D eigenvalue weighted by molar-refractivity contribution is 7.47. The maximum atomic E-state index is 12.9. The Hall–Kier alpha value is -3.59. The molecule has 0 spiro atoms. The summed E-state index contributed by atoms with van der Waals surface area (Å²) >= 11 is 0. The monoisotopic (exact) mass is 1160 g/mol. The zero-order valence-electron chi connectivity index (χ0n) is 53.4. The van der Waals surface area contributed by atoms with Gasteiger partial charge in [0.1, 0.15) is 19.8 Å². The molecule has 2 unspecified atom stereocenters. The van der Waals surface area contributed by atoms with Crippen LogP contribution in [0.25, 0.3) is 0 Å². The molecular weight excluding hydrogens is 1040 g/mol. The third-order valence-electron chi connectivity index (χ3n) is 14.0. The summed E-state index contributed by atoms with van der Waals surface area (Å²) in [7, 11) is 1.45. The summed E-state index contributed by atoms with van der Waals surface area (Å²) in [5, 5.41) is 0. The van der Waals surface area contributed by atoms with E-state index in [9.17, 15) is 19.0 Å². The summed E-state index contributed by atoms with van der Waals surface area (Å²) in [4.78, 5) is 35.8. The molecular formula is C72H125NO8P+. The largest absolute Gasteiger partial charge is 0.472 e. The van der Waals surface area contributed by atoms with Crippen molar-refractivity contribution < 1.29 is 42.1 Å². The second-order valence-electron chi connectivity index (χ2n) is 23.1. The lowest BCUT2D eigenvalue weighted by molar-refractivity contribution is -0.870. The van der Waals surface area contributed by atoms with E-state index < -0.39 is 26.5 Å². The normalized spacial score (nSPS) is 14.0. The Morgan fingerprint density at radius 3 is 1.04 bits per heavy atom. The number of phosphoric ester groups is 1. The number of esters is 2. The van der Waals surface area contributed by atoms with Crippen LogP contribution < -0.4 is 0 Å². The van der Waals surface area contributed by atoms with E-state index in [1.54, 1.807) is 0 Å². The summed E-state index contributed by atoms with van der Waals surface area (Å²) < 4.78 is 34.6. The van der Waals surface area contributed by atoms with Crippen molar-refractivity contribution in [3.8, 4) is 0 Å². The van der Waals surface area contributed by atoms with E-state index in [2.05, 4.69) is 135 Å². The number of rotatable bonds is 60. The van der Waals surface area contributed by atoms with Crippen molar-refractivity contribution >= 4 is 19.8 Å². The molecule has 9 nitrogen and oxygen atoms in total. The second kappa shape index (κ2) is 62.0. The van der Waals surface area contributed by atoms with Gasteiger partial charge in [-0.2, -0.15) is 0 Å². The molecule has 0 bridgehead atoms. The summed E-state index contributed by atoms with van der Waals surface area (Å²) in [6.45, 7) is 4.29. The fourth-order valence-corrected chi connectivity index (χ4v) is 9.63. The topological polar surface area (TPSA) is 108 Å². The molecule has 1 N–H and O–H groups in total. The van der Waals surface area contributed by atoms with E-state index in [4.69, 9.17) is 18.5 Å². The van der Waals surface area contributed by atoms with Crippen LogP contribution in [0.15, 0.2) is 122 Å². The number of likely N-dealkylation sites (N-methyl/N-ethyl adjacent to an activating group) is 1. The van der Waals surface area contributed by atoms with Crippen molar-refractivity contribution in [2.24, 2.45) is 0 Å². The van der Waals surface area contributed by atoms with Crippen molar-refractivity contribution in [3.05, 3.63) is 122 Å². The number of nitrogens with zero attached hydrogens (tertiary/aromatic N) is 1. The van der Waals surface area contributed by atoms with E-state index >= 15 is 0 Å². The van der Waals surface area contributed by atoms with Gasteiger partial charge in [-0.05, 0) is 109 Å². The number of phosphoric acid groups is 1. The molecule has 0 aromatic carbocycles. The van der Waals surface area contributed by atoms with E-state index in [0.717, 1.165) is 103 Å². The molecule has 0 aliphatic heterocycles. The van der Waals surface area contributed by atoms with Crippen LogP contribution in [0.4, 0.5) is 0 Å². The van der Waals surface area contributed by atoms with Crippen molar-refractivity contribution in [3.63, 3.8) is 0 Å². The van der Waals surface area contributed by atoms with Gasteiger partial charge in [0.05, 0.1) is 27.7 Å². The highest BCUT2D eigenvalue weighted by Crippen LogP contribution is 2.43. The number of carbonyl (C=O) groups excluding carboxylic acids is 2. The van der Waals surface area contributed by atoms with Gasteiger partial charge < -0.3 is 18.9 Å². The number of quaternary nitrogens is 1. The van der Waals surface area contributed by atoms with E-state index in [1.165, 1.54) is 135 Å². The molecule has 0 rings (SSSR count). The predicted molar refractivity (Wildman–Crippen MR) is 353 cm³/mol. The highest BCUT2D eigenvalue weighted by Gasteiger charge is 2.27. The minimum absolute atomic E-state index is 0.0207.